The van der Waals surface area contributed by atoms with Crippen molar-refractivity contribution < 1.29 is 14.3 Å². The first kappa shape index (κ1) is 15.4. The Morgan fingerprint density at radius 2 is 1.95 bits per heavy atom. The Bertz CT molecular complexity index is 846. The molecule has 6 heteroatoms. The van der Waals surface area contributed by atoms with Crippen molar-refractivity contribution in [2.45, 2.75) is 20.4 Å². The first-order valence-corrected chi connectivity index (χ1v) is 6.59. The topological polar surface area (TPSA) is 83.1 Å². The zero-order valence-electron chi connectivity index (χ0n) is 12.1. The second kappa shape index (κ2) is 5.82. The third kappa shape index (κ3) is 2.37. The molecule has 0 saturated carbocycles. The standard InChI is InChI=1S/C16H13FN2O3/c1-3-19-15(21)12(8-18)9(2)13(16(19)22)14(20)10-4-6-11(17)7-5-10/h4-7,22H,3H2,1-2H3. The predicted octanol–water partition coefficient (Wildman–Crippen LogP) is 2.12. The van der Waals surface area contributed by atoms with E-state index in [9.17, 15) is 19.1 Å². The van der Waals surface area contributed by atoms with Crippen molar-refractivity contribution in [3.8, 4) is 11.9 Å². The minimum Gasteiger partial charge on any atom is -0.494 e. The Morgan fingerprint density at radius 3 is 2.45 bits per heavy atom. The van der Waals surface area contributed by atoms with Crippen molar-refractivity contribution in [2.24, 2.45) is 0 Å². The molecular formula is C16H13FN2O3. The van der Waals surface area contributed by atoms with Crippen LogP contribution in [0.5, 0.6) is 5.88 Å². The molecule has 0 radical (unpaired) electrons. The molecule has 0 aliphatic heterocycles. The summed E-state index contributed by atoms with van der Waals surface area (Å²) in [5.74, 6) is -1.55. The Hall–Kier alpha value is -2.94. The summed E-state index contributed by atoms with van der Waals surface area (Å²) in [7, 11) is 0. The largest absolute Gasteiger partial charge is 0.494 e. The number of carbonyl (C=O) groups excluding carboxylic acids is 1. The summed E-state index contributed by atoms with van der Waals surface area (Å²) >= 11 is 0. The maximum Gasteiger partial charge on any atom is 0.271 e. The maximum absolute atomic E-state index is 13.0. The maximum atomic E-state index is 13.0. The number of aromatic hydroxyl groups is 1. The molecule has 0 amide bonds. The zero-order valence-corrected chi connectivity index (χ0v) is 12.1. The van der Waals surface area contributed by atoms with Gasteiger partial charge in [0.15, 0.2) is 5.78 Å². The van der Waals surface area contributed by atoms with E-state index in [-0.39, 0.29) is 28.8 Å². The molecule has 1 aromatic heterocycles. The molecule has 0 atom stereocenters. The number of benzene rings is 1. The van der Waals surface area contributed by atoms with Gasteiger partial charge in [-0.05, 0) is 43.7 Å². The van der Waals surface area contributed by atoms with Crippen LogP contribution in [0, 0.1) is 24.1 Å². The van der Waals surface area contributed by atoms with Crippen molar-refractivity contribution in [3.63, 3.8) is 0 Å². The molecule has 0 aliphatic carbocycles. The molecule has 5 nitrogen and oxygen atoms in total. The molecule has 0 unspecified atom stereocenters. The molecule has 1 heterocycles. The van der Waals surface area contributed by atoms with Gasteiger partial charge in [0, 0.05) is 12.1 Å². The fourth-order valence-corrected chi connectivity index (χ4v) is 2.26. The number of pyridine rings is 1. The van der Waals surface area contributed by atoms with Crippen LogP contribution in [0.2, 0.25) is 0 Å². The van der Waals surface area contributed by atoms with Gasteiger partial charge < -0.3 is 5.11 Å². The zero-order chi connectivity index (χ0) is 16.4. The van der Waals surface area contributed by atoms with E-state index in [1.165, 1.54) is 19.1 Å². The van der Waals surface area contributed by atoms with Crippen molar-refractivity contribution in [1.82, 2.24) is 4.57 Å². The van der Waals surface area contributed by atoms with Crippen molar-refractivity contribution in [2.75, 3.05) is 0 Å². The number of nitriles is 1. The molecule has 0 spiro atoms. The van der Waals surface area contributed by atoms with E-state index in [4.69, 9.17) is 5.26 Å². The van der Waals surface area contributed by atoms with Crippen LogP contribution in [-0.2, 0) is 6.54 Å². The quantitative estimate of drug-likeness (QED) is 0.880. The van der Waals surface area contributed by atoms with E-state index >= 15 is 0 Å². The van der Waals surface area contributed by atoms with Gasteiger partial charge in [0.05, 0.1) is 5.56 Å². The third-order valence-electron chi connectivity index (χ3n) is 3.45. The molecule has 1 aromatic carbocycles. The van der Waals surface area contributed by atoms with Gasteiger partial charge in [-0.3, -0.25) is 14.2 Å². The number of hydrogen-bond acceptors (Lipinski definition) is 4. The molecule has 112 valence electrons. The average Bonchev–Trinajstić information content (AvgIpc) is 2.48. The second-order valence-corrected chi connectivity index (χ2v) is 4.70. The summed E-state index contributed by atoms with van der Waals surface area (Å²) in [6.07, 6.45) is 0. The summed E-state index contributed by atoms with van der Waals surface area (Å²) in [6.45, 7) is 3.16. The molecule has 22 heavy (non-hydrogen) atoms. The molecule has 0 aliphatic rings. The van der Waals surface area contributed by atoms with Crippen LogP contribution >= 0.6 is 0 Å². The minimum atomic E-state index is -0.643. The summed E-state index contributed by atoms with van der Waals surface area (Å²) < 4.78 is 13.9. The number of nitrogens with zero attached hydrogens (tertiary/aromatic N) is 2. The number of aromatic nitrogens is 1. The van der Waals surface area contributed by atoms with Crippen LogP contribution in [-0.4, -0.2) is 15.5 Å². The lowest BCUT2D eigenvalue weighted by molar-refractivity contribution is 0.103. The van der Waals surface area contributed by atoms with E-state index < -0.39 is 23.0 Å². The fourth-order valence-electron chi connectivity index (χ4n) is 2.26. The average molecular weight is 300 g/mol. The van der Waals surface area contributed by atoms with Gasteiger partial charge in [0.25, 0.3) is 5.56 Å². The highest BCUT2D eigenvalue weighted by molar-refractivity contribution is 6.11. The third-order valence-corrected chi connectivity index (χ3v) is 3.45. The number of carbonyl (C=O) groups is 1. The first-order chi connectivity index (χ1) is 10.4. The van der Waals surface area contributed by atoms with E-state index in [1.54, 1.807) is 13.0 Å². The summed E-state index contributed by atoms with van der Waals surface area (Å²) in [6, 6.07) is 6.58. The monoisotopic (exact) mass is 300 g/mol. The van der Waals surface area contributed by atoms with Gasteiger partial charge >= 0.3 is 0 Å². The lowest BCUT2D eigenvalue weighted by atomic mass is 9.97. The summed E-state index contributed by atoms with van der Waals surface area (Å²) in [5.41, 5.74) is -0.681. The van der Waals surface area contributed by atoms with Gasteiger partial charge in [-0.25, -0.2) is 4.39 Å². The van der Waals surface area contributed by atoms with Crippen molar-refractivity contribution >= 4 is 5.78 Å². The fraction of sp³-hybridized carbons (Fsp3) is 0.188. The van der Waals surface area contributed by atoms with Crippen LogP contribution in [0.3, 0.4) is 0 Å². The molecule has 0 bridgehead atoms. The second-order valence-electron chi connectivity index (χ2n) is 4.70. The van der Waals surface area contributed by atoms with E-state index in [0.717, 1.165) is 16.7 Å². The van der Waals surface area contributed by atoms with Gasteiger partial charge in [-0.1, -0.05) is 0 Å². The first-order valence-electron chi connectivity index (χ1n) is 6.59. The summed E-state index contributed by atoms with van der Waals surface area (Å²) in [5, 5.41) is 19.3. The van der Waals surface area contributed by atoms with Crippen LogP contribution in [0.4, 0.5) is 4.39 Å². The van der Waals surface area contributed by atoms with E-state index in [1.807, 2.05) is 0 Å². The number of rotatable bonds is 3. The predicted molar refractivity (Wildman–Crippen MR) is 77.3 cm³/mol. The molecule has 0 saturated heterocycles. The van der Waals surface area contributed by atoms with Gasteiger partial charge in [-0.15, -0.1) is 0 Å². The van der Waals surface area contributed by atoms with Crippen molar-refractivity contribution in [1.29, 1.82) is 5.26 Å². The molecular weight excluding hydrogens is 287 g/mol. The number of ketones is 1. The Morgan fingerprint density at radius 1 is 1.36 bits per heavy atom. The number of hydrogen-bond donors (Lipinski definition) is 1. The van der Waals surface area contributed by atoms with Crippen LogP contribution in [0.1, 0.15) is 34.0 Å². The Kier molecular flexibility index (Phi) is 4.08. The van der Waals surface area contributed by atoms with Crippen LogP contribution < -0.4 is 5.56 Å². The van der Waals surface area contributed by atoms with Gasteiger partial charge in [0.2, 0.25) is 5.88 Å². The Labute approximate surface area is 125 Å². The highest BCUT2D eigenvalue weighted by Gasteiger charge is 2.24. The normalized spacial score (nSPS) is 10.3. The molecule has 0 fully saturated rings. The lowest BCUT2D eigenvalue weighted by Gasteiger charge is -2.14. The highest BCUT2D eigenvalue weighted by atomic mass is 19.1. The van der Waals surface area contributed by atoms with Crippen LogP contribution in [0.15, 0.2) is 29.1 Å². The van der Waals surface area contributed by atoms with Crippen molar-refractivity contribution in [3.05, 3.63) is 62.7 Å². The van der Waals surface area contributed by atoms with Gasteiger partial charge in [-0.2, -0.15) is 5.26 Å². The van der Waals surface area contributed by atoms with E-state index in [2.05, 4.69) is 0 Å². The molecule has 2 rings (SSSR count). The van der Waals surface area contributed by atoms with E-state index in [0.29, 0.717) is 0 Å². The minimum absolute atomic E-state index is 0.114. The SMILES string of the molecule is CCn1c(O)c(C(=O)c2ccc(F)cc2)c(C)c(C#N)c1=O. The van der Waals surface area contributed by atoms with Crippen LogP contribution in [0.25, 0.3) is 0 Å². The smallest absolute Gasteiger partial charge is 0.271 e. The molecule has 1 N–H and O–H groups in total. The van der Waals surface area contributed by atoms with Gasteiger partial charge in [0.1, 0.15) is 17.4 Å². The Balaban J connectivity index is 2.75. The molecule has 2 aromatic rings. The highest BCUT2D eigenvalue weighted by Crippen LogP contribution is 2.24. The summed E-state index contributed by atoms with van der Waals surface area (Å²) in [4.78, 5) is 24.6. The number of halogens is 1. The lowest BCUT2D eigenvalue weighted by Crippen LogP contribution is -2.26.